The van der Waals surface area contributed by atoms with Gasteiger partial charge in [-0.1, -0.05) is 30.3 Å². The van der Waals surface area contributed by atoms with E-state index in [1.165, 1.54) is 10.8 Å². The van der Waals surface area contributed by atoms with Crippen LogP contribution in [0.5, 0.6) is 0 Å². The van der Waals surface area contributed by atoms with E-state index < -0.39 is 16.7 Å². The average molecular weight is 330 g/mol. The molecule has 7 heteroatoms. The van der Waals surface area contributed by atoms with E-state index in [9.17, 15) is 19.7 Å². The van der Waals surface area contributed by atoms with Gasteiger partial charge >= 0.3 is 5.97 Å². The summed E-state index contributed by atoms with van der Waals surface area (Å²) in [5.41, 5.74) is 0.896. The van der Waals surface area contributed by atoms with E-state index in [4.69, 9.17) is 0 Å². The van der Waals surface area contributed by atoms with Crippen LogP contribution in [0.4, 0.5) is 5.69 Å². The van der Waals surface area contributed by atoms with Gasteiger partial charge in [-0.25, -0.2) is 4.79 Å². The minimum atomic E-state index is -1.00. The Morgan fingerprint density at radius 3 is 2.58 bits per heavy atom. The summed E-state index contributed by atoms with van der Waals surface area (Å²) in [7, 11) is 0. The van der Waals surface area contributed by atoms with Crippen LogP contribution in [0.1, 0.15) is 29.4 Å². The van der Waals surface area contributed by atoms with Crippen LogP contribution in [0.2, 0.25) is 0 Å². The highest BCUT2D eigenvalue weighted by Crippen LogP contribution is 2.18. The summed E-state index contributed by atoms with van der Waals surface area (Å²) in [4.78, 5) is 34.1. The topological polar surface area (TPSA) is 91.4 Å². The van der Waals surface area contributed by atoms with Crippen molar-refractivity contribution in [2.75, 3.05) is 6.61 Å². The predicted octanol–water partition coefficient (Wildman–Crippen LogP) is 2.77. The first kappa shape index (κ1) is 17.4. The molecule has 0 saturated carbocycles. The van der Waals surface area contributed by atoms with Crippen molar-refractivity contribution in [2.45, 2.75) is 26.3 Å². The van der Waals surface area contributed by atoms with Crippen LogP contribution in [0.25, 0.3) is 0 Å². The number of benzene rings is 1. The first-order chi connectivity index (χ1) is 11.5. The number of nitro groups is 1. The lowest BCUT2D eigenvalue weighted by atomic mass is 10.1. The largest absolute Gasteiger partial charge is 0.460 e. The number of carbonyl (C=O) groups is 2. The van der Waals surface area contributed by atoms with Crippen LogP contribution >= 0.6 is 0 Å². The van der Waals surface area contributed by atoms with Gasteiger partial charge in [0.15, 0.2) is 0 Å². The van der Waals surface area contributed by atoms with Gasteiger partial charge in [0.2, 0.25) is 0 Å². The minimum Gasteiger partial charge on any atom is -0.460 e. The highest BCUT2D eigenvalue weighted by molar-refractivity contribution is 6.40. The lowest BCUT2D eigenvalue weighted by Crippen LogP contribution is -2.21. The fraction of sp³-hybridized carbons (Fsp3) is 0.294. The van der Waals surface area contributed by atoms with Crippen molar-refractivity contribution in [1.29, 1.82) is 0 Å². The molecule has 0 N–H and O–H groups in total. The van der Waals surface area contributed by atoms with Gasteiger partial charge in [-0.3, -0.25) is 14.9 Å². The zero-order valence-corrected chi connectivity index (χ0v) is 13.3. The second kappa shape index (κ2) is 8.05. The Balaban J connectivity index is 2.13. The molecular weight excluding hydrogens is 312 g/mol. The monoisotopic (exact) mass is 330 g/mol. The van der Waals surface area contributed by atoms with Crippen molar-refractivity contribution in [3.05, 3.63) is 64.0 Å². The van der Waals surface area contributed by atoms with Gasteiger partial charge in [-0.2, -0.15) is 0 Å². The Labute approximate surface area is 139 Å². The third kappa shape index (κ3) is 4.28. The zero-order valence-electron chi connectivity index (χ0n) is 13.3. The molecule has 2 rings (SSSR count). The number of esters is 1. The smallest absolute Gasteiger partial charge is 0.381 e. The molecule has 0 fully saturated rings. The molecule has 0 bridgehead atoms. The number of carbonyl (C=O) groups excluding carboxylic acids is 2. The molecule has 7 nitrogen and oxygen atoms in total. The van der Waals surface area contributed by atoms with E-state index in [1.54, 1.807) is 6.92 Å². The van der Waals surface area contributed by atoms with Crippen molar-refractivity contribution in [2.24, 2.45) is 0 Å². The fourth-order valence-corrected chi connectivity index (χ4v) is 2.37. The third-order valence-corrected chi connectivity index (χ3v) is 3.49. The Morgan fingerprint density at radius 1 is 1.25 bits per heavy atom. The van der Waals surface area contributed by atoms with E-state index in [0.29, 0.717) is 13.0 Å². The standard InChI is InChI=1S/C17H18N2O5/c1-2-24-17(21)16(20)15-11-14(19(22)23)12-18(15)10-6-9-13-7-4-3-5-8-13/h3-5,7-8,11-12H,2,6,9-10H2,1H3. The summed E-state index contributed by atoms with van der Waals surface area (Å²) in [5, 5.41) is 10.9. The lowest BCUT2D eigenvalue weighted by Gasteiger charge is -2.07. The molecule has 0 aliphatic carbocycles. The molecule has 0 radical (unpaired) electrons. The Hall–Kier alpha value is -2.96. The maximum atomic E-state index is 12.1. The first-order valence-corrected chi connectivity index (χ1v) is 7.63. The Kier molecular flexibility index (Phi) is 5.83. The number of ether oxygens (including phenoxy) is 1. The molecule has 24 heavy (non-hydrogen) atoms. The van der Waals surface area contributed by atoms with Gasteiger partial charge in [-0.05, 0) is 25.3 Å². The van der Waals surface area contributed by atoms with E-state index in [-0.39, 0.29) is 18.0 Å². The number of ketones is 1. The molecular formula is C17H18N2O5. The average Bonchev–Trinajstić information content (AvgIpc) is 3.00. The van der Waals surface area contributed by atoms with Crippen LogP contribution in [0.15, 0.2) is 42.6 Å². The van der Waals surface area contributed by atoms with E-state index in [1.807, 2.05) is 30.3 Å². The van der Waals surface area contributed by atoms with E-state index >= 15 is 0 Å². The summed E-state index contributed by atoms with van der Waals surface area (Å²) in [6, 6.07) is 10.9. The number of rotatable bonds is 8. The summed E-state index contributed by atoms with van der Waals surface area (Å²) < 4.78 is 6.13. The fourth-order valence-electron chi connectivity index (χ4n) is 2.37. The minimum absolute atomic E-state index is 0.0202. The highest BCUT2D eigenvalue weighted by atomic mass is 16.6. The molecule has 0 atom stereocenters. The molecule has 0 aliphatic rings. The Morgan fingerprint density at radius 2 is 1.96 bits per heavy atom. The second-order valence-corrected chi connectivity index (χ2v) is 5.17. The van der Waals surface area contributed by atoms with Crippen molar-refractivity contribution in [3.8, 4) is 0 Å². The van der Waals surface area contributed by atoms with E-state index in [2.05, 4.69) is 4.74 Å². The van der Waals surface area contributed by atoms with Crippen molar-refractivity contribution < 1.29 is 19.2 Å². The van der Waals surface area contributed by atoms with Gasteiger partial charge in [0.1, 0.15) is 5.69 Å². The lowest BCUT2D eigenvalue weighted by molar-refractivity contribution is -0.384. The summed E-state index contributed by atoms with van der Waals surface area (Å²) in [6.07, 6.45) is 2.72. The maximum absolute atomic E-state index is 12.1. The summed E-state index contributed by atoms with van der Waals surface area (Å²) in [5.74, 6) is -1.88. The molecule has 0 saturated heterocycles. The van der Waals surface area contributed by atoms with Gasteiger partial charge in [0.05, 0.1) is 17.7 Å². The molecule has 0 spiro atoms. The van der Waals surface area contributed by atoms with Gasteiger partial charge in [-0.15, -0.1) is 0 Å². The molecule has 0 unspecified atom stereocenters. The molecule has 126 valence electrons. The molecule has 1 aromatic carbocycles. The SMILES string of the molecule is CCOC(=O)C(=O)c1cc([N+](=O)[O-])cn1CCCc1ccccc1. The molecule has 2 aromatic rings. The molecule has 0 amide bonds. The summed E-state index contributed by atoms with van der Waals surface area (Å²) >= 11 is 0. The van der Waals surface area contributed by atoms with Crippen molar-refractivity contribution in [1.82, 2.24) is 4.57 Å². The van der Waals surface area contributed by atoms with Crippen molar-refractivity contribution >= 4 is 17.4 Å². The number of hydrogen-bond acceptors (Lipinski definition) is 5. The zero-order chi connectivity index (χ0) is 17.5. The van der Waals surface area contributed by atoms with Gasteiger partial charge < -0.3 is 9.30 Å². The summed E-state index contributed by atoms with van der Waals surface area (Å²) in [6.45, 7) is 2.05. The number of Topliss-reactive ketones (excluding diaryl/α,β-unsaturated/α-hetero) is 1. The number of hydrogen-bond donors (Lipinski definition) is 0. The van der Waals surface area contributed by atoms with Crippen LogP contribution in [-0.2, 0) is 22.5 Å². The number of aromatic nitrogens is 1. The normalized spacial score (nSPS) is 10.4. The second-order valence-electron chi connectivity index (χ2n) is 5.17. The maximum Gasteiger partial charge on any atom is 0.381 e. The van der Waals surface area contributed by atoms with E-state index in [0.717, 1.165) is 18.1 Å². The highest BCUT2D eigenvalue weighted by Gasteiger charge is 2.25. The first-order valence-electron chi connectivity index (χ1n) is 7.63. The quantitative estimate of drug-likeness (QED) is 0.244. The van der Waals surface area contributed by atoms with Crippen LogP contribution in [0, 0.1) is 10.1 Å². The van der Waals surface area contributed by atoms with Crippen LogP contribution in [-0.4, -0.2) is 27.8 Å². The van der Waals surface area contributed by atoms with Crippen LogP contribution < -0.4 is 0 Å². The predicted molar refractivity (Wildman–Crippen MR) is 86.8 cm³/mol. The molecule has 1 aromatic heterocycles. The number of nitrogens with zero attached hydrogens (tertiary/aromatic N) is 2. The molecule has 0 aliphatic heterocycles. The van der Waals surface area contributed by atoms with Gasteiger partial charge in [0.25, 0.3) is 11.5 Å². The van der Waals surface area contributed by atoms with Crippen LogP contribution in [0.3, 0.4) is 0 Å². The third-order valence-electron chi connectivity index (χ3n) is 3.49. The molecule has 1 heterocycles. The Bertz CT molecular complexity index is 737. The van der Waals surface area contributed by atoms with Crippen molar-refractivity contribution in [3.63, 3.8) is 0 Å². The van der Waals surface area contributed by atoms with Gasteiger partial charge in [0, 0.05) is 12.6 Å². The number of aryl methyl sites for hydroxylation is 2.